The lowest BCUT2D eigenvalue weighted by Crippen LogP contribution is -2.41. The van der Waals surface area contributed by atoms with E-state index in [0.29, 0.717) is 0 Å². The van der Waals surface area contributed by atoms with Gasteiger partial charge in [-0.2, -0.15) is 0 Å². The van der Waals surface area contributed by atoms with Crippen LogP contribution < -0.4 is 5.32 Å². The minimum Gasteiger partial charge on any atom is -0.481 e. The van der Waals surface area contributed by atoms with E-state index < -0.39 is 5.97 Å². The van der Waals surface area contributed by atoms with E-state index in [1.165, 1.54) is 0 Å². The molecule has 0 aliphatic heterocycles. The van der Waals surface area contributed by atoms with Crippen molar-refractivity contribution in [1.82, 2.24) is 5.32 Å². The summed E-state index contributed by atoms with van der Waals surface area (Å²) in [4.78, 5) is 22.1. The number of hydrogen-bond acceptors (Lipinski definition) is 2. The van der Waals surface area contributed by atoms with Crippen LogP contribution in [0.15, 0.2) is 0 Å². The van der Waals surface area contributed by atoms with E-state index in [0.717, 1.165) is 0 Å². The molecule has 0 rings (SSSR count). The summed E-state index contributed by atoms with van der Waals surface area (Å²) >= 11 is 0. The third-order valence-corrected chi connectivity index (χ3v) is 2.56. The molecule has 2 N–H and O–H groups in total. The molecule has 0 heterocycles. The number of amides is 1. The van der Waals surface area contributed by atoms with Crippen molar-refractivity contribution in [2.45, 2.75) is 47.1 Å². The van der Waals surface area contributed by atoms with Gasteiger partial charge in [0.2, 0.25) is 5.91 Å². The Hall–Kier alpha value is -1.06. The highest BCUT2D eigenvalue weighted by Crippen LogP contribution is 2.25. The molecule has 4 heteroatoms. The Morgan fingerprint density at radius 2 is 1.73 bits per heavy atom. The summed E-state index contributed by atoms with van der Waals surface area (Å²) in [6, 6.07) is -0.320. The second kappa shape index (κ2) is 5.14. The van der Waals surface area contributed by atoms with E-state index in [9.17, 15) is 9.59 Å². The summed E-state index contributed by atoms with van der Waals surface area (Å²) in [5, 5.41) is 11.2. The van der Waals surface area contributed by atoms with Crippen LogP contribution in [0, 0.1) is 11.3 Å². The number of carbonyl (C=O) groups is 2. The topological polar surface area (TPSA) is 66.4 Å². The minimum atomic E-state index is -0.897. The molecule has 1 amide bonds. The molecule has 0 aromatic rings. The molecule has 0 bridgehead atoms. The molecule has 0 saturated heterocycles. The van der Waals surface area contributed by atoms with E-state index in [1.54, 1.807) is 6.92 Å². The van der Waals surface area contributed by atoms with Gasteiger partial charge in [-0.25, -0.2) is 0 Å². The second-order valence-corrected chi connectivity index (χ2v) is 5.10. The van der Waals surface area contributed by atoms with E-state index in [2.05, 4.69) is 5.32 Å². The summed E-state index contributed by atoms with van der Waals surface area (Å²) in [7, 11) is 0. The molecule has 15 heavy (non-hydrogen) atoms. The highest BCUT2D eigenvalue weighted by Gasteiger charge is 2.27. The highest BCUT2D eigenvalue weighted by molar-refractivity contribution is 5.80. The molecule has 2 atom stereocenters. The van der Waals surface area contributed by atoms with Crippen LogP contribution in [-0.4, -0.2) is 23.0 Å². The van der Waals surface area contributed by atoms with Crippen molar-refractivity contribution in [2.75, 3.05) is 0 Å². The summed E-state index contributed by atoms with van der Waals surface area (Å²) < 4.78 is 0. The quantitative estimate of drug-likeness (QED) is 0.749. The lowest BCUT2D eigenvalue weighted by Gasteiger charge is -2.27. The SMILES string of the molecule is CC(CC(=O)O)NC(=O)C(C)C(C)(C)C. The number of carbonyl (C=O) groups excluding carboxylic acids is 1. The first-order chi connectivity index (χ1) is 6.64. The summed E-state index contributed by atoms with van der Waals surface area (Å²) in [6.07, 6.45) is -0.0391. The fourth-order valence-electron chi connectivity index (χ4n) is 1.07. The van der Waals surface area contributed by atoms with Gasteiger partial charge >= 0.3 is 5.97 Å². The molecule has 88 valence electrons. The van der Waals surface area contributed by atoms with Gasteiger partial charge in [0, 0.05) is 12.0 Å². The molecule has 0 fully saturated rings. The number of carboxylic acid groups (broad SMARTS) is 1. The number of hydrogen-bond donors (Lipinski definition) is 2. The maximum Gasteiger partial charge on any atom is 0.305 e. The standard InChI is InChI=1S/C11H21NO3/c1-7(6-9(13)14)12-10(15)8(2)11(3,4)5/h7-8H,6H2,1-5H3,(H,12,15)(H,13,14). The third kappa shape index (κ3) is 5.40. The Morgan fingerprint density at radius 3 is 2.07 bits per heavy atom. The first kappa shape index (κ1) is 13.9. The molecule has 2 unspecified atom stereocenters. The van der Waals surface area contributed by atoms with Crippen LogP contribution in [0.25, 0.3) is 0 Å². The van der Waals surface area contributed by atoms with Gasteiger partial charge in [-0.1, -0.05) is 27.7 Å². The molecule has 0 aromatic carbocycles. The average Bonchev–Trinajstić information content (AvgIpc) is 1.99. The first-order valence-corrected chi connectivity index (χ1v) is 5.16. The zero-order valence-electron chi connectivity index (χ0n) is 10.1. The van der Waals surface area contributed by atoms with Crippen LogP contribution in [-0.2, 0) is 9.59 Å². The maximum atomic E-state index is 11.7. The Bertz CT molecular complexity index is 243. The Morgan fingerprint density at radius 1 is 1.27 bits per heavy atom. The fraction of sp³-hybridized carbons (Fsp3) is 0.818. The monoisotopic (exact) mass is 215 g/mol. The van der Waals surface area contributed by atoms with Crippen molar-refractivity contribution in [2.24, 2.45) is 11.3 Å². The van der Waals surface area contributed by atoms with Crippen molar-refractivity contribution >= 4 is 11.9 Å². The van der Waals surface area contributed by atoms with Gasteiger partial charge in [0.1, 0.15) is 0 Å². The molecule has 4 nitrogen and oxygen atoms in total. The predicted molar refractivity (Wildman–Crippen MR) is 58.5 cm³/mol. The average molecular weight is 215 g/mol. The normalized spacial score (nSPS) is 15.5. The zero-order chi connectivity index (χ0) is 12.2. The third-order valence-electron chi connectivity index (χ3n) is 2.56. The van der Waals surface area contributed by atoms with Crippen LogP contribution in [0.1, 0.15) is 41.0 Å². The Kier molecular flexibility index (Phi) is 4.78. The van der Waals surface area contributed by atoms with E-state index in [4.69, 9.17) is 5.11 Å². The lowest BCUT2D eigenvalue weighted by molar-refractivity contribution is -0.137. The smallest absolute Gasteiger partial charge is 0.305 e. The number of rotatable bonds is 4. The van der Waals surface area contributed by atoms with Crippen LogP contribution in [0.2, 0.25) is 0 Å². The summed E-state index contributed by atoms with van der Waals surface area (Å²) in [5.41, 5.74) is -0.104. The van der Waals surface area contributed by atoms with Crippen molar-refractivity contribution in [3.63, 3.8) is 0 Å². The fourth-order valence-corrected chi connectivity index (χ4v) is 1.07. The van der Waals surface area contributed by atoms with Crippen molar-refractivity contribution in [3.8, 4) is 0 Å². The van der Waals surface area contributed by atoms with Gasteiger partial charge in [0.15, 0.2) is 0 Å². The van der Waals surface area contributed by atoms with Gasteiger partial charge in [0.05, 0.1) is 6.42 Å². The van der Waals surface area contributed by atoms with Crippen molar-refractivity contribution in [3.05, 3.63) is 0 Å². The minimum absolute atomic E-state index is 0.0391. The van der Waals surface area contributed by atoms with E-state index in [-0.39, 0.29) is 29.7 Å². The number of nitrogens with one attached hydrogen (secondary N) is 1. The van der Waals surface area contributed by atoms with E-state index >= 15 is 0 Å². The highest BCUT2D eigenvalue weighted by atomic mass is 16.4. The molecular weight excluding hydrogens is 194 g/mol. The molecule has 0 aromatic heterocycles. The lowest BCUT2D eigenvalue weighted by atomic mass is 9.81. The van der Waals surface area contributed by atoms with Crippen LogP contribution in [0.3, 0.4) is 0 Å². The zero-order valence-corrected chi connectivity index (χ0v) is 10.1. The van der Waals surface area contributed by atoms with Crippen molar-refractivity contribution in [1.29, 1.82) is 0 Å². The number of carboxylic acids is 1. The van der Waals surface area contributed by atoms with Crippen LogP contribution in [0.5, 0.6) is 0 Å². The van der Waals surface area contributed by atoms with Gasteiger partial charge in [-0.15, -0.1) is 0 Å². The van der Waals surface area contributed by atoms with Crippen LogP contribution in [0.4, 0.5) is 0 Å². The van der Waals surface area contributed by atoms with Gasteiger partial charge in [0.25, 0.3) is 0 Å². The van der Waals surface area contributed by atoms with Crippen molar-refractivity contribution < 1.29 is 14.7 Å². The van der Waals surface area contributed by atoms with Crippen LogP contribution >= 0.6 is 0 Å². The van der Waals surface area contributed by atoms with E-state index in [1.807, 2.05) is 27.7 Å². The second-order valence-electron chi connectivity index (χ2n) is 5.10. The molecule has 0 spiro atoms. The summed E-state index contributed by atoms with van der Waals surface area (Å²) in [5.74, 6) is -1.11. The van der Waals surface area contributed by atoms with Gasteiger partial charge in [-0.3, -0.25) is 9.59 Å². The molecule has 0 aliphatic carbocycles. The Labute approximate surface area is 91.1 Å². The van der Waals surface area contributed by atoms with Gasteiger partial charge in [-0.05, 0) is 12.3 Å². The Balaban J connectivity index is 4.19. The largest absolute Gasteiger partial charge is 0.481 e. The van der Waals surface area contributed by atoms with Gasteiger partial charge < -0.3 is 10.4 Å². The number of aliphatic carboxylic acids is 1. The predicted octanol–water partition coefficient (Wildman–Crippen LogP) is 1.65. The molecular formula is C11H21NO3. The maximum absolute atomic E-state index is 11.7. The first-order valence-electron chi connectivity index (χ1n) is 5.16. The molecule has 0 aliphatic rings. The molecule has 0 radical (unpaired) electrons. The molecule has 0 saturated carbocycles. The summed E-state index contributed by atoms with van der Waals surface area (Å²) in [6.45, 7) is 9.50.